The van der Waals surface area contributed by atoms with E-state index in [1.54, 1.807) is 34.6 Å². The van der Waals surface area contributed by atoms with Crippen molar-refractivity contribution in [3.63, 3.8) is 0 Å². The summed E-state index contributed by atoms with van der Waals surface area (Å²) < 4.78 is 5.05. The van der Waals surface area contributed by atoms with Crippen LogP contribution in [0.25, 0.3) is 0 Å². The van der Waals surface area contributed by atoms with Gasteiger partial charge in [0.1, 0.15) is 5.60 Å². The zero-order valence-electron chi connectivity index (χ0n) is 9.80. The van der Waals surface area contributed by atoms with E-state index < -0.39 is 17.2 Å². The molecule has 0 rings (SSSR count). The number of rotatable bonds is 1. The van der Waals surface area contributed by atoms with E-state index >= 15 is 0 Å². The minimum absolute atomic E-state index is 0.485. The van der Waals surface area contributed by atoms with Crippen molar-refractivity contribution in [2.75, 3.05) is 0 Å². The highest BCUT2D eigenvalue weighted by Crippen LogP contribution is 2.08. The molecule has 15 heavy (non-hydrogen) atoms. The summed E-state index contributed by atoms with van der Waals surface area (Å²) in [5.74, 6) is 4.85. The molecule has 0 aliphatic carbocycles. The first-order valence-corrected chi connectivity index (χ1v) is 4.64. The third kappa shape index (κ3) is 7.56. The van der Waals surface area contributed by atoms with E-state index in [4.69, 9.17) is 4.74 Å². The monoisotopic (exact) mass is 211 g/mol. The van der Waals surface area contributed by atoms with Crippen LogP contribution in [0, 0.1) is 11.8 Å². The molecule has 4 heteroatoms. The Labute approximate surface area is 90.4 Å². The third-order valence-corrected chi connectivity index (χ3v) is 1.26. The number of alkyl carbamates (subject to hydrolysis) is 1. The van der Waals surface area contributed by atoms with Crippen LogP contribution in [0.1, 0.15) is 34.6 Å². The van der Waals surface area contributed by atoms with Crippen LogP contribution < -0.4 is 5.32 Å². The molecule has 0 aliphatic heterocycles. The number of nitrogens with one attached hydrogen (secondary N) is 1. The van der Waals surface area contributed by atoms with Gasteiger partial charge in [-0.05, 0) is 40.5 Å². The maximum Gasteiger partial charge on any atom is 0.408 e. The molecule has 0 saturated carbocycles. The van der Waals surface area contributed by atoms with E-state index in [0.717, 1.165) is 0 Å². The molecule has 0 heterocycles. The number of aldehydes is 1. The number of ether oxygens (including phenoxy) is 1. The number of amides is 1. The van der Waals surface area contributed by atoms with Gasteiger partial charge >= 0.3 is 6.09 Å². The molecule has 1 amide bonds. The second kappa shape index (κ2) is 4.83. The second-order valence-corrected chi connectivity index (χ2v) is 4.64. The molecular formula is C11H17NO3. The lowest BCUT2D eigenvalue weighted by Gasteiger charge is -2.24. The molecule has 0 unspecified atom stereocenters. The lowest BCUT2D eigenvalue weighted by Crippen LogP contribution is -2.44. The van der Waals surface area contributed by atoms with Crippen LogP contribution in [0.3, 0.4) is 0 Å². The summed E-state index contributed by atoms with van der Waals surface area (Å²) in [6.45, 7) is 8.70. The summed E-state index contributed by atoms with van der Waals surface area (Å²) >= 11 is 0. The van der Waals surface area contributed by atoms with Gasteiger partial charge in [0, 0.05) is 0 Å². The Hall–Kier alpha value is -1.50. The van der Waals surface area contributed by atoms with Gasteiger partial charge in [-0.1, -0.05) is 5.92 Å². The van der Waals surface area contributed by atoms with Gasteiger partial charge in [-0.2, -0.15) is 0 Å². The number of carbonyl (C=O) groups is 2. The average molecular weight is 211 g/mol. The van der Waals surface area contributed by atoms with Gasteiger partial charge in [-0.3, -0.25) is 4.79 Å². The van der Waals surface area contributed by atoms with Crippen LogP contribution in [-0.4, -0.2) is 23.5 Å². The first kappa shape index (κ1) is 13.5. The van der Waals surface area contributed by atoms with Crippen LogP contribution in [-0.2, 0) is 9.53 Å². The van der Waals surface area contributed by atoms with Crippen molar-refractivity contribution in [1.82, 2.24) is 5.32 Å². The van der Waals surface area contributed by atoms with Crippen LogP contribution in [0.5, 0.6) is 0 Å². The molecule has 84 valence electrons. The average Bonchev–Trinajstić information content (AvgIpc) is 1.95. The van der Waals surface area contributed by atoms with Crippen molar-refractivity contribution in [2.24, 2.45) is 0 Å². The summed E-state index contributed by atoms with van der Waals surface area (Å²) in [6, 6.07) is 0. The predicted molar refractivity (Wildman–Crippen MR) is 57.3 cm³/mol. The van der Waals surface area contributed by atoms with Gasteiger partial charge < -0.3 is 10.1 Å². The van der Waals surface area contributed by atoms with Crippen molar-refractivity contribution < 1.29 is 14.3 Å². The summed E-state index contributed by atoms with van der Waals surface area (Å²) in [5.41, 5.74) is -1.32. The number of carbonyl (C=O) groups excluding carboxylic acids is 2. The molecule has 1 N–H and O–H groups in total. The van der Waals surface area contributed by atoms with Crippen LogP contribution in [0.15, 0.2) is 0 Å². The largest absolute Gasteiger partial charge is 0.444 e. The molecule has 0 radical (unpaired) electrons. The van der Waals surface area contributed by atoms with E-state index in [1.807, 2.05) is 0 Å². The van der Waals surface area contributed by atoms with E-state index in [-0.39, 0.29) is 0 Å². The van der Waals surface area contributed by atoms with E-state index in [2.05, 4.69) is 17.2 Å². The zero-order valence-corrected chi connectivity index (χ0v) is 9.80. The van der Waals surface area contributed by atoms with Crippen LogP contribution >= 0.6 is 0 Å². The number of hydrogen-bond donors (Lipinski definition) is 1. The molecule has 0 aromatic carbocycles. The van der Waals surface area contributed by atoms with Crippen molar-refractivity contribution >= 4 is 12.4 Å². The molecule has 0 spiro atoms. The fourth-order valence-corrected chi connectivity index (χ4v) is 0.800. The Morgan fingerprint density at radius 2 is 1.80 bits per heavy atom. The second-order valence-electron chi connectivity index (χ2n) is 4.64. The Morgan fingerprint density at radius 1 is 1.27 bits per heavy atom. The summed E-state index contributed by atoms with van der Waals surface area (Å²) in [7, 11) is 0. The fourth-order valence-electron chi connectivity index (χ4n) is 0.800. The molecule has 0 bridgehead atoms. The first-order valence-electron chi connectivity index (χ1n) is 4.64. The molecule has 0 aromatic heterocycles. The minimum atomic E-state index is -0.775. The standard InChI is InChI=1S/C11H17NO3/c1-10(2,3)15-9(14)12-11(4,5)7-6-8-13/h8H,1-5H3,(H,12,14). The minimum Gasteiger partial charge on any atom is -0.444 e. The Kier molecular flexibility index (Phi) is 4.35. The first-order chi connectivity index (χ1) is 6.66. The molecule has 0 aromatic rings. The summed E-state index contributed by atoms with van der Waals surface area (Å²) in [5, 5.41) is 2.55. The molecule has 0 aliphatic rings. The fraction of sp³-hybridized carbons (Fsp3) is 0.636. The van der Waals surface area contributed by atoms with Gasteiger partial charge in [-0.25, -0.2) is 4.79 Å². The highest BCUT2D eigenvalue weighted by molar-refractivity contribution is 5.74. The van der Waals surface area contributed by atoms with Crippen molar-refractivity contribution in [2.45, 2.75) is 45.8 Å². The summed E-state index contributed by atoms with van der Waals surface area (Å²) in [6.07, 6.45) is -0.0638. The van der Waals surface area contributed by atoms with Crippen molar-refractivity contribution in [1.29, 1.82) is 0 Å². The zero-order chi connectivity index (χ0) is 12.1. The van der Waals surface area contributed by atoms with Gasteiger partial charge in [-0.15, -0.1) is 0 Å². The molecule has 4 nitrogen and oxygen atoms in total. The SMILES string of the molecule is CC(C)(C#CC=O)NC(=O)OC(C)(C)C. The van der Waals surface area contributed by atoms with Gasteiger partial charge in [0.25, 0.3) is 0 Å². The Balaban J connectivity index is 4.34. The topological polar surface area (TPSA) is 55.4 Å². The maximum absolute atomic E-state index is 11.3. The molecule has 0 fully saturated rings. The predicted octanol–water partition coefficient (Wildman–Crippen LogP) is 1.49. The van der Waals surface area contributed by atoms with Crippen LogP contribution in [0.2, 0.25) is 0 Å². The van der Waals surface area contributed by atoms with E-state index in [1.165, 1.54) is 0 Å². The number of hydrogen-bond acceptors (Lipinski definition) is 3. The smallest absolute Gasteiger partial charge is 0.408 e. The highest BCUT2D eigenvalue weighted by Gasteiger charge is 2.22. The van der Waals surface area contributed by atoms with E-state index in [0.29, 0.717) is 6.29 Å². The quantitative estimate of drug-likeness (QED) is 0.528. The van der Waals surface area contributed by atoms with Gasteiger partial charge in [0.05, 0.1) is 5.54 Å². The molecular weight excluding hydrogens is 194 g/mol. The Morgan fingerprint density at radius 3 is 2.20 bits per heavy atom. The highest BCUT2D eigenvalue weighted by atomic mass is 16.6. The molecule has 0 saturated heterocycles. The third-order valence-electron chi connectivity index (χ3n) is 1.26. The lowest BCUT2D eigenvalue weighted by atomic mass is 10.1. The van der Waals surface area contributed by atoms with Crippen molar-refractivity contribution in [3.05, 3.63) is 0 Å². The van der Waals surface area contributed by atoms with Crippen LogP contribution in [0.4, 0.5) is 4.79 Å². The molecule has 0 atom stereocenters. The normalized spacial score (nSPS) is 11.0. The summed E-state index contributed by atoms with van der Waals surface area (Å²) in [4.78, 5) is 21.4. The van der Waals surface area contributed by atoms with Gasteiger partial charge in [0.15, 0.2) is 6.29 Å². The maximum atomic E-state index is 11.3. The van der Waals surface area contributed by atoms with E-state index in [9.17, 15) is 9.59 Å². The lowest BCUT2D eigenvalue weighted by molar-refractivity contribution is -0.103. The van der Waals surface area contributed by atoms with Crippen molar-refractivity contribution in [3.8, 4) is 11.8 Å². The van der Waals surface area contributed by atoms with Gasteiger partial charge in [0.2, 0.25) is 0 Å². The Bertz CT molecular complexity index is 302.